The molecule has 0 radical (unpaired) electrons. The highest BCUT2D eigenvalue weighted by Crippen LogP contribution is 2.18. The van der Waals surface area contributed by atoms with E-state index < -0.39 is 17.7 Å². The lowest BCUT2D eigenvalue weighted by molar-refractivity contribution is 0.0943. The predicted molar refractivity (Wildman–Crippen MR) is 71.5 cm³/mol. The Morgan fingerprint density at radius 2 is 2.15 bits per heavy atom. The minimum atomic E-state index is -0.933. The molecule has 2 rings (SSSR count). The van der Waals surface area contributed by atoms with E-state index in [1.54, 1.807) is 6.92 Å². The number of aromatic nitrogens is 2. The van der Waals surface area contributed by atoms with Crippen LogP contribution in [0.1, 0.15) is 40.8 Å². The van der Waals surface area contributed by atoms with Crippen molar-refractivity contribution in [1.29, 1.82) is 0 Å². The summed E-state index contributed by atoms with van der Waals surface area (Å²) < 4.78 is 29.8. The number of benzene rings is 1. The van der Waals surface area contributed by atoms with Crippen molar-refractivity contribution in [3.8, 4) is 0 Å². The van der Waals surface area contributed by atoms with E-state index >= 15 is 0 Å². The Bertz CT molecular complexity index is 630. The number of hydrogen-bond donors (Lipinski definition) is 1. The monoisotopic (exact) mass is 297 g/mol. The van der Waals surface area contributed by atoms with Crippen molar-refractivity contribution in [2.24, 2.45) is 0 Å². The highest BCUT2D eigenvalue weighted by atomic mass is 32.1. The second kappa shape index (κ2) is 6.04. The molecular formula is C13H13F2N3OS. The first-order chi connectivity index (χ1) is 9.52. The highest BCUT2D eigenvalue weighted by Gasteiger charge is 2.18. The number of aryl methyl sites for hydroxylation is 1. The molecule has 2 aromatic rings. The molecule has 7 heteroatoms. The molecule has 0 aliphatic rings. The normalized spacial score (nSPS) is 12.2. The van der Waals surface area contributed by atoms with E-state index in [1.807, 2.05) is 6.92 Å². The van der Waals surface area contributed by atoms with Crippen LogP contribution in [0.15, 0.2) is 18.2 Å². The van der Waals surface area contributed by atoms with Gasteiger partial charge in [-0.15, -0.1) is 5.10 Å². The average Bonchev–Trinajstić information content (AvgIpc) is 2.90. The predicted octanol–water partition coefficient (Wildman–Crippen LogP) is 2.87. The third-order valence-corrected chi connectivity index (χ3v) is 3.66. The molecule has 1 N–H and O–H groups in total. The van der Waals surface area contributed by atoms with Gasteiger partial charge in [-0.3, -0.25) is 4.79 Å². The van der Waals surface area contributed by atoms with Crippen LogP contribution in [0.25, 0.3) is 0 Å². The average molecular weight is 297 g/mol. The summed E-state index contributed by atoms with van der Waals surface area (Å²) in [6, 6.07) is 3.12. The molecule has 0 bridgehead atoms. The van der Waals surface area contributed by atoms with Crippen molar-refractivity contribution in [3.05, 3.63) is 46.0 Å². The van der Waals surface area contributed by atoms with E-state index in [1.165, 1.54) is 6.07 Å². The van der Waals surface area contributed by atoms with Crippen LogP contribution in [0.4, 0.5) is 8.78 Å². The molecule has 1 heterocycles. The number of halogens is 2. The van der Waals surface area contributed by atoms with Gasteiger partial charge in [-0.05, 0) is 42.6 Å². The fraction of sp³-hybridized carbons (Fsp3) is 0.308. The first kappa shape index (κ1) is 14.5. The summed E-state index contributed by atoms with van der Waals surface area (Å²) in [5.74, 6) is -2.15. The van der Waals surface area contributed by atoms with E-state index in [-0.39, 0.29) is 5.91 Å². The number of rotatable bonds is 4. The third kappa shape index (κ3) is 2.98. The summed E-state index contributed by atoms with van der Waals surface area (Å²) in [6.07, 6.45) is 0.610. The topological polar surface area (TPSA) is 54.9 Å². The Morgan fingerprint density at radius 3 is 2.80 bits per heavy atom. The van der Waals surface area contributed by atoms with Crippen LogP contribution in [-0.2, 0) is 6.42 Å². The van der Waals surface area contributed by atoms with Gasteiger partial charge < -0.3 is 5.32 Å². The summed E-state index contributed by atoms with van der Waals surface area (Å²) in [5, 5.41) is 6.58. The molecule has 0 saturated heterocycles. The van der Waals surface area contributed by atoms with E-state index in [9.17, 15) is 13.6 Å². The van der Waals surface area contributed by atoms with Gasteiger partial charge in [0.1, 0.15) is 4.88 Å². The van der Waals surface area contributed by atoms with E-state index in [4.69, 9.17) is 0 Å². The van der Waals surface area contributed by atoms with Gasteiger partial charge in [-0.2, -0.15) is 0 Å². The van der Waals surface area contributed by atoms with Crippen LogP contribution < -0.4 is 5.32 Å². The first-order valence-electron chi connectivity index (χ1n) is 6.10. The standard InChI is InChI=1S/C13H13F2N3OS/c1-3-11-12(20-18-17-11)13(19)16-7(2)8-4-5-9(14)10(15)6-8/h4-7H,3H2,1-2H3,(H,16,19)/t7-/m1/s1. The maximum absolute atomic E-state index is 13.2. The largest absolute Gasteiger partial charge is 0.345 e. The number of amides is 1. The molecule has 1 aromatic carbocycles. The van der Waals surface area contributed by atoms with Crippen LogP contribution in [0.2, 0.25) is 0 Å². The lowest BCUT2D eigenvalue weighted by Crippen LogP contribution is -2.26. The molecule has 0 spiro atoms. The Balaban J connectivity index is 2.13. The second-order valence-electron chi connectivity index (χ2n) is 4.27. The molecule has 0 aliphatic carbocycles. The molecule has 0 fully saturated rings. The zero-order valence-electron chi connectivity index (χ0n) is 11.0. The third-order valence-electron chi connectivity index (χ3n) is 2.89. The number of nitrogens with zero attached hydrogens (tertiary/aromatic N) is 2. The van der Waals surface area contributed by atoms with Crippen molar-refractivity contribution in [2.45, 2.75) is 26.3 Å². The van der Waals surface area contributed by atoms with Crippen LogP contribution in [0, 0.1) is 11.6 Å². The maximum Gasteiger partial charge on any atom is 0.265 e. The minimum Gasteiger partial charge on any atom is -0.345 e. The zero-order chi connectivity index (χ0) is 14.7. The lowest BCUT2D eigenvalue weighted by Gasteiger charge is -2.14. The molecule has 0 unspecified atom stereocenters. The molecule has 0 saturated carbocycles. The lowest BCUT2D eigenvalue weighted by atomic mass is 10.1. The number of carbonyl (C=O) groups is 1. The van der Waals surface area contributed by atoms with Crippen molar-refractivity contribution < 1.29 is 13.6 Å². The Hall–Kier alpha value is -1.89. The summed E-state index contributed by atoms with van der Waals surface area (Å²) in [7, 11) is 0. The van der Waals surface area contributed by atoms with Crippen molar-refractivity contribution in [1.82, 2.24) is 14.9 Å². The summed E-state index contributed by atoms with van der Waals surface area (Å²) in [5.41, 5.74) is 1.12. The van der Waals surface area contributed by atoms with E-state index in [2.05, 4.69) is 14.9 Å². The smallest absolute Gasteiger partial charge is 0.265 e. The number of nitrogens with one attached hydrogen (secondary N) is 1. The van der Waals surface area contributed by atoms with E-state index in [0.29, 0.717) is 22.6 Å². The van der Waals surface area contributed by atoms with E-state index in [0.717, 1.165) is 23.7 Å². The molecule has 1 amide bonds. The van der Waals surface area contributed by atoms with Gasteiger partial charge in [0, 0.05) is 0 Å². The van der Waals surface area contributed by atoms with Crippen molar-refractivity contribution in [2.75, 3.05) is 0 Å². The Morgan fingerprint density at radius 1 is 1.40 bits per heavy atom. The zero-order valence-corrected chi connectivity index (χ0v) is 11.8. The molecule has 0 aliphatic heterocycles. The summed E-state index contributed by atoms with van der Waals surface area (Å²) >= 11 is 1.02. The maximum atomic E-state index is 13.2. The van der Waals surface area contributed by atoms with Gasteiger partial charge in [-0.25, -0.2) is 8.78 Å². The molecule has 20 heavy (non-hydrogen) atoms. The van der Waals surface area contributed by atoms with Crippen LogP contribution >= 0.6 is 11.5 Å². The van der Waals surface area contributed by atoms with Crippen LogP contribution in [-0.4, -0.2) is 15.5 Å². The highest BCUT2D eigenvalue weighted by molar-refractivity contribution is 7.08. The first-order valence-corrected chi connectivity index (χ1v) is 6.87. The number of hydrogen-bond acceptors (Lipinski definition) is 4. The van der Waals surface area contributed by atoms with Crippen LogP contribution in [0.5, 0.6) is 0 Å². The SMILES string of the molecule is CCc1nnsc1C(=O)N[C@H](C)c1ccc(F)c(F)c1. The fourth-order valence-electron chi connectivity index (χ4n) is 1.74. The van der Waals surface area contributed by atoms with Gasteiger partial charge in [0.25, 0.3) is 5.91 Å². The van der Waals surface area contributed by atoms with Crippen molar-refractivity contribution in [3.63, 3.8) is 0 Å². The van der Waals surface area contributed by atoms with Gasteiger partial charge in [0.15, 0.2) is 11.6 Å². The Labute approximate surface area is 119 Å². The Kier molecular flexibility index (Phi) is 4.39. The van der Waals surface area contributed by atoms with Gasteiger partial charge in [-0.1, -0.05) is 17.5 Å². The quantitative estimate of drug-likeness (QED) is 0.944. The minimum absolute atomic E-state index is 0.311. The van der Waals surface area contributed by atoms with Crippen LogP contribution in [0.3, 0.4) is 0 Å². The molecule has 4 nitrogen and oxygen atoms in total. The second-order valence-corrected chi connectivity index (χ2v) is 5.03. The van der Waals surface area contributed by atoms with Crippen molar-refractivity contribution >= 4 is 17.4 Å². The van der Waals surface area contributed by atoms with Gasteiger partial charge >= 0.3 is 0 Å². The molecular weight excluding hydrogens is 284 g/mol. The summed E-state index contributed by atoms with van der Waals surface area (Å²) in [6.45, 7) is 3.58. The molecule has 106 valence electrons. The molecule has 1 aromatic heterocycles. The molecule has 1 atom stereocenters. The van der Waals surface area contributed by atoms with Gasteiger partial charge in [0.2, 0.25) is 0 Å². The van der Waals surface area contributed by atoms with Gasteiger partial charge in [0.05, 0.1) is 11.7 Å². The summed E-state index contributed by atoms with van der Waals surface area (Å²) in [4.78, 5) is 12.5. The fourth-order valence-corrected chi connectivity index (χ4v) is 2.39. The number of carbonyl (C=O) groups excluding carboxylic acids is 1.